The maximum atomic E-state index is 13.6. The Hall–Kier alpha value is -2.04. The summed E-state index contributed by atoms with van der Waals surface area (Å²) in [6, 6.07) is 10.5. The molecule has 2 rings (SSSR count). The van der Waals surface area contributed by atoms with Gasteiger partial charge in [-0.15, -0.1) is 0 Å². The average molecular weight is 350 g/mol. The van der Waals surface area contributed by atoms with Crippen LogP contribution in [0.2, 0.25) is 5.02 Å². The molecule has 0 amide bonds. The molecule has 0 fully saturated rings. The Labute approximate surface area is 147 Å². The zero-order valence-corrected chi connectivity index (χ0v) is 14.4. The summed E-state index contributed by atoms with van der Waals surface area (Å²) in [7, 11) is 1.57. The molecule has 0 spiro atoms. The summed E-state index contributed by atoms with van der Waals surface area (Å²) in [5.41, 5.74) is 1.67. The third kappa shape index (κ3) is 4.98. The highest BCUT2D eigenvalue weighted by Gasteiger charge is 2.11. The number of hydrogen-bond acceptors (Lipinski definition) is 3. The molecular weight excluding hydrogens is 329 g/mol. The molecule has 0 aliphatic carbocycles. The van der Waals surface area contributed by atoms with Crippen LogP contribution in [0.4, 0.5) is 4.39 Å². The maximum Gasteiger partial charge on any atom is 0.180 e. The van der Waals surface area contributed by atoms with E-state index in [-0.39, 0.29) is 5.82 Å². The van der Waals surface area contributed by atoms with E-state index in [0.29, 0.717) is 48.2 Å². The first-order valence-electron chi connectivity index (χ1n) is 7.70. The lowest BCUT2D eigenvalue weighted by molar-refractivity contribution is 0.326. The van der Waals surface area contributed by atoms with Gasteiger partial charge in [-0.05, 0) is 42.3 Å². The second kappa shape index (κ2) is 9.30. The average Bonchev–Trinajstić information content (AvgIpc) is 2.58. The van der Waals surface area contributed by atoms with E-state index in [0.717, 1.165) is 5.56 Å². The van der Waals surface area contributed by atoms with Crippen LogP contribution >= 0.6 is 11.6 Å². The van der Waals surface area contributed by atoms with Crippen molar-refractivity contribution in [1.29, 1.82) is 0 Å². The first-order chi connectivity index (χ1) is 11.7. The van der Waals surface area contributed by atoms with E-state index in [1.807, 2.05) is 18.2 Å². The number of benzene rings is 2. The van der Waals surface area contributed by atoms with Crippen LogP contribution in [0.5, 0.6) is 11.5 Å². The van der Waals surface area contributed by atoms with Crippen molar-refractivity contribution >= 4 is 11.6 Å². The zero-order valence-electron chi connectivity index (χ0n) is 13.6. The minimum atomic E-state index is -0.173. The van der Waals surface area contributed by atoms with Crippen LogP contribution < -0.4 is 14.8 Å². The molecule has 0 aromatic heterocycles. The predicted octanol–water partition coefficient (Wildman–Crippen LogP) is 4.38. The molecule has 0 aliphatic rings. The standard InChI is InChI=1S/C19H21ClFNO2/c1-3-10-24-19-16(20)11-14(12-18(19)23-2)13-22-9-8-15-6-4-5-7-17(15)21/h3-7,11-12,22H,1,8-10,13H2,2H3. The lowest BCUT2D eigenvalue weighted by atomic mass is 10.1. The predicted molar refractivity (Wildman–Crippen MR) is 95.5 cm³/mol. The molecule has 0 aliphatic heterocycles. The first-order valence-corrected chi connectivity index (χ1v) is 8.07. The molecule has 0 saturated carbocycles. The summed E-state index contributed by atoms with van der Waals surface area (Å²) >= 11 is 6.26. The smallest absolute Gasteiger partial charge is 0.180 e. The van der Waals surface area contributed by atoms with Gasteiger partial charge < -0.3 is 14.8 Å². The van der Waals surface area contributed by atoms with Gasteiger partial charge in [-0.25, -0.2) is 4.39 Å². The second-order valence-corrected chi connectivity index (χ2v) is 5.63. The Morgan fingerprint density at radius 1 is 1.29 bits per heavy atom. The molecule has 0 radical (unpaired) electrons. The van der Waals surface area contributed by atoms with E-state index in [4.69, 9.17) is 21.1 Å². The summed E-state index contributed by atoms with van der Waals surface area (Å²) in [5.74, 6) is 0.914. The molecule has 3 nitrogen and oxygen atoms in total. The molecule has 0 atom stereocenters. The molecule has 128 valence electrons. The van der Waals surface area contributed by atoms with Crippen LogP contribution in [0.25, 0.3) is 0 Å². The minimum absolute atomic E-state index is 0.173. The number of nitrogens with one attached hydrogen (secondary N) is 1. The first kappa shape index (κ1) is 18.3. The van der Waals surface area contributed by atoms with Gasteiger partial charge in [-0.2, -0.15) is 0 Å². The quantitative estimate of drug-likeness (QED) is 0.538. The van der Waals surface area contributed by atoms with Crippen molar-refractivity contribution in [2.75, 3.05) is 20.3 Å². The maximum absolute atomic E-state index is 13.6. The van der Waals surface area contributed by atoms with Gasteiger partial charge >= 0.3 is 0 Å². The minimum Gasteiger partial charge on any atom is -0.493 e. The fraction of sp³-hybridized carbons (Fsp3) is 0.263. The molecular formula is C19H21ClFNO2. The van der Waals surface area contributed by atoms with Gasteiger partial charge in [-0.3, -0.25) is 0 Å². The Bertz CT molecular complexity index is 691. The van der Waals surface area contributed by atoms with Gasteiger partial charge in [-0.1, -0.05) is 42.5 Å². The molecule has 0 saturated heterocycles. The molecule has 0 unspecified atom stereocenters. The highest BCUT2D eigenvalue weighted by Crippen LogP contribution is 2.36. The number of methoxy groups -OCH3 is 1. The van der Waals surface area contributed by atoms with Crippen molar-refractivity contribution < 1.29 is 13.9 Å². The van der Waals surface area contributed by atoms with Crippen molar-refractivity contribution in [3.05, 3.63) is 71.0 Å². The number of hydrogen-bond donors (Lipinski definition) is 1. The third-order valence-electron chi connectivity index (χ3n) is 3.49. The van der Waals surface area contributed by atoms with Crippen LogP contribution in [0.15, 0.2) is 49.1 Å². The van der Waals surface area contributed by atoms with E-state index in [9.17, 15) is 4.39 Å². The van der Waals surface area contributed by atoms with E-state index in [2.05, 4.69) is 11.9 Å². The van der Waals surface area contributed by atoms with E-state index >= 15 is 0 Å². The van der Waals surface area contributed by atoms with Crippen LogP contribution in [0, 0.1) is 5.82 Å². The number of rotatable bonds is 9. The highest BCUT2D eigenvalue weighted by atomic mass is 35.5. The normalized spacial score (nSPS) is 10.5. The van der Waals surface area contributed by atoms with Gasteiger partial charge in [0, 0.05) is 6.54 Å². The van der Waals surface area contributed by atoms with E-state index in [1.165, 1.54) is 6.07 Å². The molecule has 0 bridgehead atoms. The fourth-order valence-electron chi connectivity index (χ4n) is 2.31. The topological polar surface area (TPSA) is 30.5 Å². The van der Waals surface area contributed by atoms with Gasteiger partial charge in [0.15, 0.2) is 11.5 Å². The largest absolute Gasteiger partial charge is 0.493 e. The van der Waals surface area contributed by atoms with Crippen LogP contribution in [-0.2, 0) is 13.0 Å². The third-order valence-corrected chi connectivity index (χ3v) is 3.77. The molecule has 5 heteroatoms. The van der Waals surface area contributed by atoms with Gasteiger partial charge in [0.1, 0.15) is 12.4 Å². The summed E-state index contributed by atoms with van der Waals surface area (Å²) in [4.78, 5) is 0. The van der Waals surface area contributed by atoms with Crippen LogP contribution in [0.3, 0.4) is 0 Å². The van der Waals surface area contributed by atoms with Gasteiger partial charge in [0.25, 0.3) is 0 Å². The second-order valence-electron chi connectivity index (χ2n) is 5.23. The van der Waals surface area contributed by atoms with Crippen molar-refractivity contribution in [3.63, 3.8) is 0 Å². The van der Waals surface area contributed by atoms with Crippen LogP contribution in [0.1, 0.15) is 11.1 Å². The Morgan fingerprint density at radius 2 is 2.08 bits per heavy atom. The lowest BCUT2D eigenvalue weighted by Crippen LogP contribution is -2.17. The molecule has 24 heavy (non-hydrogen) atoms. The summed E-state index contributed by atoms with van der Waals surface area (Å²) in [5, 5.41) is 3.77. The van der Waals surface area contributed by atoms with Crippen LogP contribution in [-0.4, -0.2) is 20.3 Å². The summed E-state index contributed by atoms with van der Waals surface area (Å²) < 4.78 is 24.4. The summed E-state index contributed by atoms with van der Waals surface area (Å²) in [6.45, 7) is 5.24. The molecule has 2 aromatic rings. The Kier molecular flexibility index (Phi) is 7.09. The van der Waals surface area contributed by atoms with Crippen molar-refractivity contribution in [2.45, 2.75) is 13.0 Å². The number of halogens is 2. The molecule has 0 heterocycles. The SMILES string of the molecule is C=CCOc1c(Cl)cc(CNCCc2ccccc2F)cc1OC. The molecule has 1 N–H and O–H groups in total. The fourth-order valence-corrected chi connectivity index (χ4v) is 2.60. The zero-order chi connectivity index (χ0) is 17.4. The lowest BCUT2D eigenvalue weighted by Gasteiger charge is -2.13. The van der Waals surface area contributed by atoms with Crippen molar-refractivity contribution in [2.24, 2.45) is 0 Å². The van der Waals surface area contributed by atoms with Gasteiger partial charge in [0.2, 0.25) is 0 Å². The summed E-state index contributed by atoms with van der Waals surface area (Å²) in [6.07, 6.45) is 2.27. The van der Waals surface area contributed by atoms with Crippen molar-refractivity contribution in [1.82, 2.24) is 5.32 Å². The monoisotopic (exact) mass is 349 g/mol. The highest BCUT2D eigenvalue weighted by molar-refractivity contribution is 6.32. The van der Waals surface area contributed by atoms with E-state index in [1.54, 1.807) is 25.3 Å². The number of ether oxygens (including phenoxy) is 2. The van der Waals surface area contributed by atoms with Crippen molar-refractivity contribution in [3.8, 4) is 11.5 Å². The van der Waals surface area contributed by atoms with Gasteiger partial charge in [0.05, 0.1) is 12.1 Å². The Morgan fingerprint density at radius 3 is 2.79 bits per heavy atom. The molecule has 2 aromatic carbocycles. The van der Waals surface area contributed by atoms with E-state index < -0.39 is 0 Å². The Balaban J connectivity index is 1.94.